The molecule has 1 aromatic heterocycles. The van der Waals surface area contributed by atoms with Crippen molar-refractivity contribution in [3.63, 3.8) is 0 Å². The zero-order chi connectivity index (χ0) is 8.10. The van der Waals surface area contributed by atoms with Gasteiger partial charge in [-0.3, -0.25) is 0 Å². The van der Waals surface area contributed by atoms with Crippen LogP contribution in [0.5, 0.6) is 0 Å². The van der Waals surface area contributed by atoms with Crippen LogP contribution in [-0.2, 0) is 11.5 Å². The van der Waals surface area contributed by atoms with E-state index in [0.29, 0.717) is 6.73 Å². The Morgan fingerprint density at radius 3 is 3.09 bits per heavy atom. The first-order valence-electron chi connectivity index (χ1n) is 3.58. The molecular formula is C7H11BrN2O. The number of nitrogens with zero attached hydrogens (tertiary/aromatic N) is 2. The summed E-state index contributed by atoms with van der Waals surface area (Å²) in [6.45, 7) is 3.46. The van der Waals surface area contributed by atoms with Gasteiger partial charge in [0.15, 0.2) is 0 Å². The summed E-state index contributed by atoms with van der Waals surface area (Å²) in [4.78, 5) is 3.94. The van der Waals surface area contributed by atoms with Crippen molar-refractivity contribution < 1.29 is 4.74 Å². The Bertz CT molecular complexity index is 212. The lowest BCUT2D eigenvalue weighted by Crippen LogP contribution is -2.01. The van der Waals surface area contributed by atoms with Gasteiger partial charge in [-0.05, 0) is 22.4 Å². The van der Waals surface area contributed by atoms with Gasteiger partial charge < -0.3 is 9.30 Å². The van der Waals surface area contributed by atoms with Crippen molar-refractivity contribution in [3.05, 3.63) is 17.1 Å². The van der Waals surface area contributed by atoms with Gasteiger partial charge >= 0.3 is 0 Å². The molecule has 62 valence electrons. The molecule has 0 unspecified atom stereocenters. The lowest BCUT2D eigenvalue weighted by molar-refractivity contribution is 0.0761. The third-order valence-electron chi connectivity index (χ3n) is 1.24. The van der Waals surface area contributed by atoms with E-state index in [4.69, 9.17) is 4.74 Å². The van der Waals surface area contributed by atoms with Crippen molar-refractivity contribution in [2.24, 2.45) is 0 Å². The average molecular weight is 219 g/mol. The van der Waals surface area contributed by atoms with E-state index in [1.54, 1.807) is 12.5 Å². The monoisotopic (exact) mass is 218 g/mol. The number of imidazole rings is 1. The van der Waals surface area contributed by atoms with Gasteiger partial charge in [0.25, 0.3) is 0 Å². The van der Waals surface area contributed by atoms with Crippen LogP contribution in [-0.4, -0.2) is 16.2 Å². The molecule has 11 heavy (non-hydrogen) atoms. The molecule has 0 radical (unpaired) electrons. The smallest absolute Gasteiger partial charge is 0.124 e. The van der Waals surface area contributed by atoms with Crippen molar-refractivity contribution in [3.8, 4) is 0 Å². The van der Waals surface area contributed by atoms with Crippen LogP contribution in [0.1, 0.15) is 13.3 Å². The zero-order valence-electron chi connectivity index (χ0n) is 6.46. The highest BCUT2D eigenvalue weighted by atomic mass is 79.9. The zero-order valence-corrected chi connectivity index (χ0v) is 8.04. The molecule has 0 saturated carbocycles. The number of halogens is 1. The lowest BCUT2D eigenvalue weighted by Gasteiger charge is -2.03. The molecule has 3 nitrogen and oxygen atoms in total. The fourth-order valence-electron chi connectivity index (χ4n) is 0.707. The molecule has 4 heteroatoms. The molecule has 0 aliphatic heterocycles. The van der Waals surface area contributed by atoms with Gasteiger partial charge in [0.05, 0.1) is 12.5 Å². The van der Waals surface area contributed by atoms with Crippen LogP contribution in [0.2, 0.25) is 0 Å². The summed E-state index contributed by atoms with van der Waals surface area (Å²) in [5, 5.41) is 0. The van der Waals surface area contributed by atoms with Gasteiger partial charge in [0.2, 0.25) is 0 Å². The largest absolute Gasteiger partial charge is 0.361 e. The highest BCUT2D eigenvalue weighted by molar-refractivity contribution is 9.10. The second-order valence-electron chi connectivity index (χ2n) is 2.22. The standard InChI is InChI=1S/C7H11BrN2O/c1-2-3-11-6-10-5-9-4-7(10)8/h4-5H,2-3,6H2,1H3. The van der Waals surface area contributed by atoms with E-state index in [1.807, 2.05) is 4.57 Å². The minimum absolute atomic E-state index is 0.578. The van der Waals surface area contributed by atoms with E-state index in [-0.39, 0.29) is 0 Å². The predicted molar refractivity (Wildman–Crippen MR) is 46.2 cm³/mol. The summed E-state index contributed by atoms with van der Waals surface area (Å²) in [6.07, 6.45) is 4.53. The molecule has 0 atom stereocenters. The SMILES string of the molecule is CCCOCn1cncc1Br. The Morgan fingerprint density at radius 1 is 1.73 bits per heavy atom. The summed E-state index contributed by atoms with van der Waals surface area (Å²) in [7, 11) is 0. The van der Waals surface area contributed by atoms with Crippen LogP contribution < -0.4 is 0 Å². The second-order valence-corrected chi connectivity index (χ2v) is 3.04. The maximum Gasteiger partial charge on any atom is 0.124 e. The van der Waals surface area contributed by atoms with Crippen LogP contribution in [0.4, 0.5) is 0 Å². The topological polar surface area (TPSA) is 27.1 Å². The van der Waals surface area contributed by atoms with Crippen LogP contribution in [0.25, 0.3) is 0 Å². The van der Waals surface area contributed by atoms with Gasteiger partial charge in [-0.1, -0.05) is 6.92 Å². The van der Waals surface area contributed by atoms with Crippen molar-refractivity contribution in [1.82, 2.24) is 9.55 Å². The van der Waals surface area contributed by atoms with E-state index < -0.39 is 0 Å². The van der Waals surface area contributed by atoms with Crippen LogP contribution >= 0.6 is 15.9 Å². The summed E-state index contributed by atoms with van der Waals surface area (Å²) in [5.74, 6) is 0. The Hall–Kier alpha value is -0.350. The summed E-state index contributed by atoms with van der Waals surface area (Å²) < 4.78 is 8.15. The maximum atomic E-state index is 5.30. The first-order valence-corrected chi connectivity index (χ1v) is 4.37. The van der Waals surface area contributed by atoms with Crippen LogP contribution in [0, 0.1) is 0 Å². The maximum absolute atomic E-state index is 5.30. The highest BCUT2D eigenvalue weighted by Crippen LogP contribution is 2.07. The fraction of sp³-hybridized carbons (Fsp3) is 0.571. The second kappa shape index (κ2) is 4.51. The van der Waals surface area contributed by atoms with E-state index in [0.717, 1.165) is 17.6 Å². The Balaban J connectivity index is 2.32. The molecule has 0 saturated heterocycles. The quantitative estimate of drug-likeness (QED) is 0.724. The Labute approximate surface area is 74.5 Å². The number of hydrogen-bond acceptors (Lipinski definition) is 2. The van der Waals surface area contributed by atoms with Crippen molar-refractivity contribution >= 4 is 15.9 Å². The van der Waals surface area contributed by atoms with Gasteiger partial charge in [-0.2, -0.15) is 0 Å². The third kappa shape index (κ3) is 2.63. The minimum Gasteiger partial charge on any atom is -0.361 e. The molecule has 1 heterocycles. The molecule has 0 aliphatic carbocycles. The Kier molecular flexibility index (Phi) is 3.59. The molecule has 1 rings (SSSR count). The fourth-order valence-corrected chi connectivity index (χ4v) is 1.02. The number of ether oxygens (including phenoxy) is 1. The van der Waals surface area contributed by atoms with E-state index in [9.17, 15) is 0 Å². The average Bonchev–Trinajstić information content (AvgIpc) is 2.37. The van der Waals surface area contributed by atoms with Gasteiger partial charge in [0.1, 0.15) is 11.3 Å². The first kappa shape index (κ1) is 8.74. The normalized spacial score (nSPS) is 10.4. The lowest BCUT2D eigenvalue weighted by atomic mass is 10.5. The third-order valence-corrected chi connectivity index (χ3v) is 1.90. The molecule has 0 aliphatic rings. The molecule has 0 fully saturated rings. The van der Waals surface area contributed by atoms with Gasteiger partial charge in [0, 0.05) is 6.61 Å². The highest BCUT2D eigenvalue weighted by Gasteiger charge is 1.95. The Morgan fingerprint density at radius 2 is 2.55 bits per heavy atom. The van der Waals surface area contributed by atoms with E-state index >= 15 is 0 Å². The molecule has 0 aromatic carbocycles. The molecule has 0 amide bonds. The minimum atomic E-state index is 0.578. The van der Waals surface area contributed by atoms with Crippen LogP contribution in [0.15, 0.2) is 17.1 Å². The molecule has 1 aromatic rings. The van der Waals surface area contributed by atoms with Gasteiger partial charge in [-0.25, -0.2) is 4.98 Å². The van der Waals surface area contributed by atoms with E-state index in [1.165, 1.54) is 0 Å². The molecule has 0 N–H and O–H groups in total. The van der Waals surface area contributed by atoms with Gasteiger partial charge in [-0.15, -0.1) is 0 Å². The molecular weight excluding hydrogens is 208 g/mol. The van der Waals surface area contributed by atoms with Crippen molar-refractivity contribution in [2.75, 3.05) is 6.61 Å². The number of hydrogen-bond donors (Lipinski definition) is 0. The number of rotatable bonds is 4. The predicted octanol–water partition coefficient (Wildman–Crippen LogP) is 2.03. The summed E-state index contributed by atoms with van der Waals surface area (Å²) >= 11 is 3.34. The van der Waals surface area contributed by atoms with E-state index in [2.05, 4.69) is 27.8 Å². The van der Waals surface area contributed by atoms with Crippen molar-refractivity contribution in [1.29, 1.82) is 0 Å². The first-order chi connectivity index (χ1) is 5.34. The summed E-state index contributed by atoms with van der Waals surface area (Å²) in [6, 6.07) is 0. The van der Waals surface area contributed by atoms with Crippen molar-refractivity contribution in [2.45, 2.75) is 20.1 Å². The summed E-state index contributed by atoms with van der Waals surface area (Å²) in [5.41, 5.74) is 0. The molecule has 0 spiro atoms. The molecule has 0 bridgehead atoms. The number of aromatic nitrogens is 2. The van der Waals surface area contributed by atoms with Crippen LogP contribution in [0.3, 0.4) is 0 Å².